The van der Waals surface area contributed by atoms with Crippen molar-refractivity contribution < 1.29 is 9.18 Å². The van der Waals surface area contributed by atoms with Crippen LogP contribution >= 0.6 is 11.6 Å². The lowest BCUT2D eigenvalue weighted by Crippen LogP contribution is -2.49. The second kappa shape index (κ2) is 9.12. The van der Waals surface area contributed by atoms with Crippen LogP contribution in [-0.2, 0) is 7.05 Å². The van der Waals surface area contributed by atoms with Crippen LogP contribution in [0.25, 0.3) is 22.0 Å². The van der Waals surface area contributed by atoms with Crippen LogP contribution in [0, 0.1) is 12.7 Å². The molecule has 7 nitrogen and oxygen atoms in total. The summed E-state index contributed by atoms with van der Waals surface area (Å²) in [5.41, 5.74) is 1.99. The number of fused-ring (bicyclic) bond motifs is 1. The maximum Gasteiger partial charge on any atom is 0.262 e. The number of piperidine rings is 1. The molecule has 34 heavy (non-hydrogen) atoms. The van der Waals surface area contributed by atoms with Gasteiger partial charge >= 0.3 is 0 Å². The highest BCUT2D eigenvalue weighted by Crippen LogP contribution is 2.34. The zero-order chi connectivity index (χ0) is 23.8. The van der Waals surface area contributed by atoms with Crippen molar-refractivity contribution in [3.8, 4) is 11.3 Å². The highest BCUT2D eigenvalue weighted by molar-refractivity contribution is 6.31. The van der Waals surface area contributed by atoms with Gasteiger partial charge in [0, 0.05) is 35.8 Å². The van der Waals surface area contributed by atoms with Gasteiger partial charge in [-0.05, 0) is 67.6 Å². The molecule has 1 saturated heterocycles. The van der Waals surface area contributed by atoms with Crippen molar-refractivity contribution in [1.29, 1.82) is 0 Å². The largest absolute Gasteiger partial charge is 0.315 e. The summed E-state index contributed by atoms with van der Waals surface area (Å²) in [6, 6.07) is 9.96. The third-order valence-corrected chi connectivity index (χ3v) is 6.40. The number of carbonyl (C=O) groups is 1. The van der Waals surface area contributed by atoms with Gasteiger partial charge in [0.2, 0.25) is 0 Å². The van der Waals surface area contributed by atoms with Crippen LogP contribution in [0.15, 0.2) is 48.8 Å². The zero-order valence-electron chi connectivity index (χ0n) is 18.9. The number of anilines is 1. The first-order valence-electron chi connectivity index (χ1n) is 11.2. The van der Waals surface area contributed by atoms with Gasteiger partial charge in [-0.1, -0.05) is 22.9 Å². The second-order valence-electron chi connectivity index (χ2n) is 8.60. The van der Waals surface area contributed by atoms with Crippen molar-refractivity contribution in [1.82, 2.24) is 25.3 Å². The number of hydrogen-bond donors (Lipinski definition) is 1. The third-order valence-electron chi connectivity index (χ3n) is 6.19. The molecule has 1 fully saturated rings. The Morgan fingerprint density at radius 3 is 2.82 bits per heavy atom. The van der Waals surface area contributed by atoms with Gasteiger partial charge in [-0.3, -0.25) is 14.4 Å². The topological polar surface area (TPSA) is 75.9 Å². The van der Waals surface area contributed by atoms with Crippen LogP contribution in [0.4, 0.5) is 10.2 Å². The molecule has 1 N–H and O–H groups in total. The smallest absolute Gasteiger partial charge is 0.262 e. The van der Waals surface area contributed by atoms with Crippen LogP contribution in [0.3, 0.4) is 0 Å². The van der Waals surface area contributed by atoms with Gasteiger partial charge in [0.15, 0.2) is 0 Å². The van der Waals surface area contributed by atoms with Crippen molar-refractivity contribution in [2.75, 3.05) is 18.0 Å². The maximum atomic E-state index is 15.3. The van der Waals surface area contributed by atoms with Crippen molar-refractivity contribution in [2.24, 2.45) is 7.05 Å². The summed E-state index contributed by atoms with van der Waals surface area (Å²) in [6.07, 6.45) is 5.07. The van der Waals surface area contributed by atoms with Gasteiger partial charge < -0.3 is 5.32 Å². The normalized spacial score (nSPS) is 16.1. The van der Waals surface area contributed by atoms with Gasteiger partial charge in [-0.2, -0.15) is 0 Å². The monoisotopic (exact) mass is 478 g/mol. The van der Waals surface area contributed by atoms with Crippen LogP contribution in [-0.4, -0.2) is 45.0 Å². The van der Waals surface area contributed by atoms with E-state index in [4.69, 9.17) is 11.6 Å². The highest BCUT2D eigenvalue weighted by atomic mass is 35.5. The number of pyridine rings is 1. The number of aromatic nitrogens is 4. The summed E-state index contributed by atoms with van der Waals surface area (Å²) in [4.78, 5) is 20.2. The van der Waals surface area contributed by atoms with Crippen molar-refractivity contribution in [2.45, 2.75) is 25.8 Å². The van der Waals surface area contributed by atoms with E-state index in [1.165, 1.54) is 12.1 Å². The third kappa shape index (κ3) is 4.15. The second-order valence-corrected chi connectivity index (χ2v) is 9.04. The first-order valence-corrected chi connectivity index (χ1v) is 11.6. The molecule has 0 spiro atoms. The number of rotatable bonds is 4. The van der Waals surface area contributed by atoms with Gasteiger partial charge in [0.25, 0.3) is 5.91 Å². The Labute approximate surface area is 201 Å². The van der Waals surface area contributed by atoms with Gasteiger partial charge in [0.05, 0.1) is 17.8 Å². The predicted molar refractivity (Wildman–Crippen MR) is 131 cm³/mol. The summed E-state index contributed by atoms with van der Waals surface area (Å²) in [6.45, 7) is 3.44. The van der Waals surface area contributed by atoms with E-state index in [2.05, 4.69) is 20.6 Å². The molecule has 4 aromatic rings. The lowest BCUT2D eigenvalue weighted by Gasteiger charge is -2.35. The van der Waals surface area contributed by atoms with E-state index in [1.807, 2.05) is 25.1 Å². The molecule has 3 heterocycles. The minimum atomic E-state index is -0.609. The Morgan fingerprint density at radius 1 is 1.26 bits per heavy atom. The summed E-state index contributed by atoms with van der Waals surface area (Å²) in [5.74, 6) is -0.518. The van der Waals surface area contributed by atoms with E-state index < -0.39 is 11.7 Å². The Balaban J connectivity index is 1.61. The molecule has 9 heteroatoms. The van der Waals surface area contributed by atoms with Crippen LogP contribution in [0.1, 0.15) is 28.8 Å². The summed E-state index contributed by atoms with van der Waals surface area (Å²) in [5, 5.41) is 13.6. The zero-order valence-corrected chi connectivity index (χ0v) is 19.7. The maximum absolute atomic E-state index is 15.3. The average Bonchev–Trinajstić information content (AvgIpc) is 3.26. The standard InChI is InChI=1S/C25H24ClFN6O/c1-15-10-18(26)11-17-7-9-29-24(23(15)17)33(19-4-3-8-28-13-19)25(34)20-6-5-16(12-21(20)27)22-14-32(2)31-30-22/h5-7,9-12,14,19,28H,3-4,8,13H2,1-2H3/t19-/m1/s1. The molecule has 174 valence electrons. The van der Waals surface area contributed by atoms with Crippen LogP contribution in [0.5, 0.6) is 0 Å². The van der Waals surface area contributed by atoms with Crippen molar-refractivity contribution in [3.05, 3.63) is 70.8 Å². The van der Waals surface area contributed by atoms with Crippen molar-refractivity contribution >= 4 is 34.1 Å². The van der Waals surface area contributed by atoms with E-state index in [9.17, 15) is 4.79 Å². The Kier molecular flexibility index (Phi) is 6.02. The molecule has 1 amide bonds. The number of nitrogens with one attached hydrogen (secondary N) is 1. The molecular weight excluding hydrogens is 455 g/mol. The van der Waals surface area contributed by atoms with E-state index in [0.29, 0.717) is 28.6 Å². The molecule has 0 radical (unpaired) electrons. The lowest BCUT2D eigenvalue weighted by atomic mass is 10.0. The molecule has 2 aromatic heterocycles. The van der Waals surface area contributed by atoms with E-state index in [-0.39, 0.29) is 11.6 Å². The number of hydrogen-bond acceptors (Lipinski definition) is 5. The molecular formula is C25H24ClFN6O. The van der Waals surface area contributed by atoms with Crippen LogP contribution in [0.2, 0.25) is 5.02 Å². The molecule has 1 aliphatic rings. The number of halogens is 2. The average molecular weight is 479 g/mol. The number of carbonyl (C=O) groups excluding carboxylic acids is 1. The molecule has 0 unspecified atom stereocenters. The predicted octanol–water partition coefficient (Wildman–Crippen LogP) is 4.53. The Morgan fingerprint density at radius 2 is 2.12 bits per heavy atom. The van der Waals surface area contributed by atoms with Gasteiger partial charge in [0.1, 0.15) is 17.3 Å². The summed E-state index contributed by atoms with van der Waals surface area (Å²) >= 11 is 6.28. The molecule has 0 aliphatic carbocycles. The van der Waals surface area contributed by atoms with Crippen molar-refractivity contribution in [3.63, 3.8) is 0 Å². The first-order chi connectivity index (χ1) is 16.4. The van der Waals surface area contributed by atoms with E-state index in [1.54, 1.807) is 35.1 Å². The molecule has 0 saturated carbocycles. The molecule has 5 rings (SSSR count). The Hall–Kier alpha value is -3.36. The minimum Gasteiger partial charge on any atom is -0.315 e. The fourth-order valence-electron chi connectivity index (χ4n) is 4.59. The molecule has 1 atom stereocenters. The van der Waals surface area contributed by atoms with Crippen LogP contribution < -0.4 is 10.2 Å². The molecule has 1 aliphatic heterocycles. The number of benzene rings is 2. The quantitative estimate of drug-likeness (QED) is 0.466. The van der Waals surface area contributed by atoms with E-state index >= 15 is 4.39 Å². The summed E-state index contributed by atoms with van der Waals surface area (Å²) < 4.78 is 16.9. The molecule has 0 bridgehead atoms. The minimum absolute atomic E-state index is 0.0105. The first kappa shape index (κ1) is 22.4. The fourth-order valence-corrected chi connectivity index (χ4v) is 4.87. The Bertz CT molecular complexity index is 1380. The number of nitrogens with zero attached hydrogens (tertiary/aromatic N) is 5. The fraction of sp³-hybridized carbons (Fsp3) is 0.280. The number of aryl methyl sites for hydroxylation is 2. The highest BCUT2D eigenvalue weighted by Gasteiger charge is 2.32. The summed E-state index contributed by atoms with van der Waals surface area (Å²) in [7, 11) is 1.74. The SMILES string of the molecule is Cc1cc(Cl)cc2ccnc(N(C(=O)c3ccc(-c4cn(C)nn4)cc3F)[C@@H]3CCCNC3)c12. The lowest BCUT2D eigenvalue weighted by molar-refractivity contribution is 0.0968. The molecule has 2 aromatic carbocycles. The van der Waals surface area contributed by atoms with Gasteiger partial charge in [-0.25, -0.2) is 9.37 Å². The number of amides is 1. The van der Waals surface area contributed by atoms with E-state index in [0.717, 1.165) is 35.7 Å². The van der Waals surface area contributed by atoms with Gasteiger partial charge in [-0.15, -0.1) is 5.10 Å².